The number of hydrogen-bond donors (Lipinski definition) is 1. The smallest absolute Gasteiger partial charge is 0.320 e. The maximum Gasteiger partial charge on any atom is 0.320 e. The topological polar surface area (TPSA) is 91.7 Å². The van der Waals surface area contributed by atoms with Crippen molar-refractivity contribution < 1.29 is 4.74 Å². The van der Waals surface area contributed by atoms with Crippen LogP contribution in [0.3, 0.4) is 0 Å². The van der Waals surface area contributed by atoms with Crippen molar-refractivity contribution in [1.82, 2.24) is 24.5 Å². The minimum atomic E-state index is 0.243. The van der Waals surface area contributed by atoms with Crippen LogP contribution in [0.25, 0.3) is 11.2 Å². The number of aromatic nitrogens is 5. The summed E-state index contributed by atoms with van der Waals surface area (Å²) < 4.78 is 7.26. The quantitative estimate of drug-likeness (QED) is 0.741. The van der Waals surface area contributed by atoms with Gasteiger partial charge >= 0.3 is 6.01 Å². The lowest BCUT2D eigenvalue weighted by atomic mass is 10.3. The molecule has 3 aromatic rings. The zero-order chi connectivity index (χ0) is 15.7. The number of aryl methyl sites for hydroxylation is 1. The van der Waals surface area contributed by atoms with Gasteiger partial charge in [0, 0.05) is 0 Å². The van der Waals surface area contributed by atoms with Gasteiger partial charge in [-0.15, -0.1) is 0 Å². The number of fused-ring (bicyclic) bond motifs is 1. The molecule has 0 radical (unpaired) electrons. The van der Waals surface area contributed by atoms with Gasteiger partial charge in [-0.1, -0.05) is 17.7 Å². The third-order valence-corrected chi connectivity index (χ3v) is 3.37. The lowest BCUT2D eigenvalue weighted by Gasteiger charge is -2.07. The lowest BCUT2D eigenvalue weighted by Crippen LogP contribution is -2.07. The molecule has 3 rings (SSSR count). The van der Waals surface area contributed by atoms with E-state index in [4.69, 9.17) is 22.1 Å². The van der Waals surface area contributed by atoms with E-state index in [0.717, 1.165) is 11.5 Å². The molecule has 0 amide bonds. The molecule has 8 heteroatoms. The van der Waals surface area contributed by atoms with Gasteiger partial charge in [0.1, 0.15) is 11.0 Å². The van der Waals surface area contributed by atoms with Gasteiger partial charge in [0.2, 0.25) is 0 Å². The lowest BCUT2D eigenvalue weighted by molar-refractivity contribution is 0.314. The minimum absolute atomic E-state index is 0.243. The molecule has 114 valence electrons. The molecule has 22 heavy (non-hydrogen) atoms. The Morgan fingerprint density at radius 3 is 2.77 bits per heavy atom. The molecular formula is C14H15ClN6O. The Balaban J connectivity index is 2.10. The number of anilines is 1. The van der Waals surface area contributed by atoms with Gasteiger partial charge in [-0.3, -0.25) is 0 Å². The van der Waals surface area contributed by atoms with E-state index in [2.05, 4.69) is 19.9 Å². The van der Waals surface area contributed by atoms with E-state index in [9.17, 15) is 0 Å². The highest BCUT2D eigenvalue weighted by Gasteiger charge is 2.15. The fourth-order valence-electron chi connectivity index (χ4n) is 2.19. The zero-order valence-corrected chi connectivity index (χ0v) is 13.0. The Bertz CT molecular complexity index is 832. The van der Waals surface area contributed by atoms with E-state index >= 15 is 0 Å². The van der Waals surface area contributed by atoms with Crippen LogP contribution in [-0.4, -0.2) is 31.1 Å². The second kappa shape index (κ2) is 5.76. The molecule has 3 aromatic heterocycles. The van der Waals surface area contributed by atoms with Gasteiger partial charge in [-0.05, 0) is 26.0 Å². The first-order chi connectivity index (χ1) is 10.6. The number of hydrogen-bond acceptors (Lipinski definition) is 6. The molecule has 0 aliphatic rings. The molecule has 0 unspecified atom stereocenters. The second-order valence-corrected chi connectivity index (χ2v) is 5.08. The van der Waals surface area contributed by atoms with Crippen molar-refractivity contribution in [3.05, 3.63) is 34.9 Å². The Kier molecular flexibility index (Phi) is 3.81. The number of nitrogens with zero attached hydrogens (tertiary/aromatic N) is 5. The van der Waals surface area contributed by atoms with Crippen LogP contribution >= 0.6 is 11.6 Å². The minimum Gasteiger partial charge on any atom is -0.464 e. The predicted octanol–water partition coefficient (Wildman–Crippen LogP) is 2.21. The molecule has 0 aliphatic carbocycles. The third-order valence-electron chi connectivity index (χ3n) is 3.16. The summed E-state index contributed by atoms with van der Waals surface area (Å²) in [6.45, 7) is 4.70. The Labute approximate surface area is 132 Å². The highest BCUT2D eigenvalue weighted by Crippen LogP contribution is 2.22. The van der Waals surface area contributed by atoms with Gasteiger partial charge in [-0.25, -0.2) is 9.97 Å². The summed E-state index contributed by atoms with van der Waals surface area (Å²) in [5.41, 5.74) is 7.93. The fraction of sp³-hybridized carbons (Fsp3) is 0.286. The Morgan fingerprint density at radius 1 is 1.23 bits per heavy atom. The normalized spacial score (nSPS) is 11.0. The molecule has 7 nitrogen and oxygen atoms in total. The maximum atomic E-state index is 5.94. The van der Waals surface area contributed by atoms with Crippen molar-refractivity contribution in [2.45, 2.75) is 20.4 Å². The zero-order valence-electron chi connectivity index (χ0n) is 12.2. The molecule has 0 spiro atoms. The SMILES string of the molecule is CCOc1nc(N)c2nc(C)n(Cc3cccc(Cl)n3)c2n1. The summed E-state index contributed by atoms with van der Waals surface area (Å²) in [4.78, 5) is 17.2. The number of nitrogens with two attached hydrogens (primary N) is 1. The molecule has 0 saturated carbocycles. The van der Waals surface area contributed by atoms with Crippen LogP contribution in [0.1, 0.15) is 18.4 Å². The highest BCUT2D eigenvalue weighted by molar-refractivity contribution is 6.29. The highest BCUT2D eigenvalue weighted by atomic mass is 35.5. The number of nitrogen functional groups attached to an aromatic ring is 1. The van der Waals surface area contributed by atoms with E-state index in [-0.39, 0.29) is 6.01 Å². The number of ether oxygens (including phenoxy) is 1. The molecule has 0 aromatic carbocycles. The maximum absolute atomic E-state index is 5.94. The van der Waals surface area contributed by atoms with Crippen LogP contribution in [0, 0.1) is 6.92 Å². The van der Waals surface area contributed by atoms with Gasteiger partial charge in [0.25, 0.3) is 0 Å². The van der Waals surface area contributed by atoms with E-state index in [1.807, 2.05) is 30.5 Å². The first-order valence-electron chi connectivity index (χ1n) is 6.83. The predicted molar refractivity (Wildman–Crippen MR) is 84.0 cm³/mol. The average molecular weight is 319 g/mol. The average Bonchev–Trinajstić information content (AvgIpc) is 2.77. The number of pyridine rings is 1. The number of rotatable bonds is 4. The third kappa shape index (κ3) is 2.67. The van der Waals surface area contributed by atoms with Crippen LogP contribution in [-0.2, 0) is 6.54 Å². The summed E-state index contributed by atoms with van der Waals surface area (Å²) in [7, 11) is 0. The summed E-state index contributed by atoms with van der Waals surface area (Å²) in [5.74, 6) is 1.07. The molecule has 0 atom stereocenters. The molecular weight excluding hydrogens is 304 g/mol. The standard InChI is InChI=1S/C14H15ClN6O/c1-3-22-14-19-12(16)11-13(20-14)21(8(2)17-11)7-9-5-4-6-10(15)18-9/h4-6H,3,7H2,1-2H3,(H2,16,19,20). The Hall–Kier alpha value is -2.41. The van der Waals surface area contributed by atoms with Crippen molar-refractivity contribution >= 4 is 28.6 Å². The molecule has 0 bridgehead atoms. The van der Waals surface area contributed by atoms with Gasteiger partial charge in [-0.2, -0.15) is 9.97 Å². The van der Waals surface area contributed by atoms with Gasteiger partial charge in [0.05, 0.1) is 18.8 Å². The summed E-state index contributed by atoms with van der Waals surface area (Å²) in [6, 6.07) is 5.73. The summed E-state index contributed by atoms with van der Waals surface area (Å²) in [6.07, 6.45) is 0. The van der Waals surface area contributed by atoms with Crippen LogP contribution < -0.4 is 10.5 Å². The largest absolute Gasteiger partial charge is 0.464 e. The molecule has 3 heterocycles. The van der Waals surface area contributed by atoms with Crippen molar-refractivity contribution in [1.29, 1.82) is 0 Å². The molecule has 0 aliphatic heterocycles. The van der Waals surface area contributed by atoms with Gasteiger partial charge in [0.15, 0.2) is 17.0 Å². The van der Waals surface area contributed by atoms with Crippen LogP contribution in [0.15, 0.2) is 18.2 Å². The van der Waals surface area contributed by atoms with E-state index in [1.54, 1.807) is 6.07 Å². The van der Waals surface area contributed by atoms with Crippen LogP contribution in [0.5, 0.6) is 6.01 Å². The van der Waals surface area contributed by atoms with Crippen molar-refractivity contribution in [2.75, 3.05) is 12.3 Å². The van der Waals surface area contributed by atoms with Crippen LogP contribution in [0.2, 0.25) is 5.15 Å². The first kappa shape index (κ1) is 14.5. The number of imidazole rings is 1. The summed E-state index contributed by atoms with van der Waals surface area (Å²) in [5, 5.41) is 0.448. The first-order valence-corrected chi connectivity index (χ1v) is 7.21. The Morgan fingerprint density at radius 2 is 2.05 bits per heavy atom. The van der Waals surface area contributed by atoms with Crippen LogP contribution in [0.4, 0.5) is 5.82 Å². The van der Waals surface area contributed by atoms with E-state index in [1.165, 1.54) is 0 Å². The molecule has 0 saturated heterocycles. The van der Waals surface area contributed by atoms with Gasteiger partial charge < -0.3 is 15.0 Å². The monoisotopic (exact) mass is 318 g/mol. The van der Waals surface area contributed by atoms with E-state index in [0.29, 0.717) is 35.3 Å². The molecule has 0 fully saturated rings. The molecule has 2 N–H and O–H groups in total. The van der Waals surface area contributed by atoms with Crippen molar-refractivity contribution in [3.63, 3.8) is 0 Å². The fourth-order valence-corrected chi connectivity index (χ4v) is 2.37. The van der Waals surface area contributed by atoms with Crippen molar-refractivity contribution in [3.8, 4) is 6.01 Å². The van der Waals surface area contributed by atoms with Crippen molar-refractivity contribution in [2.24, 2.45) is 0 Å². The van der Waals surface area contributed by atoms with E-state index < -0.39 is 0 Å². The summed E-state index contributed by atoms with van der Waals surface area (Å²) >= 11 is 5.93. The number of halogens is 1. The second-order valence-electron chi connectivity index (χ2n) is 4.69.